The highest BCUT2D eigenvalue weighted by Crippen LogP contribution is 2.37. The van der Waals surface area contributed by atoms with Gasteiger partial charge in [0.05, 0.1) is 0 Å². The molecule has 2 atom stereocenters. The van der Waals surface area contributed by atoms with E-state index in [-0.39, 0.29) is 17.7 Å². The first-order valence-electron chi connectivity index (χ1n) is 7.41. The number of hydrogen-bond acceptors (Lipinski definition) is 4. The van der Waals surface area contributed by atoms with Gasteiger partial charge in [-0.1, -0.05) is 6.42 Å². The molecule has 1 aliphatic carbocycles. The largest absolute Gasteiger partial charge is 0.456 e. The molecule has 1 spiro atoms. The summed E-state index contributed by atoms with van der Waals surface area (Å²) in [6.45, 7) is 3.92. The van der Waals surface area contributed by atoms with Crippen LogP contribution in [0.25, 0.3) is 0 Å². The second kappa shape index (κ2) is 5.15. The molecule has 1 saturated heterocycles. The molecule has 0 bridgehead atoms. The number of rotatable bonds is 3. The number of amides is 4. The van der Waals surface area contributed by atoms with E-state index >= 15 is 0 Å². The van der Waals surface area contributed by atoms with Crippen LogP contribution in [0, 0.1) is 19.8 Å². The molecule has 7 nitrogen and oxygen atoms in total. The average molecular weight is 305 g/mol. The van der Waals surface area contributed by atoms with Gasteiger partial charge in [-0.2, -0.15) is 0 Å². The van der Waals surface area contributed by atoms with Gasteiger partial charge in [0.25, 0.3) is 11.8 Å². The molecular formula is C15H19N3O4. The molecule has 0 unspecified atom stereocenters. The zero-order chi connectivity index (χ0) is 15.9. The zero-order valence-electron chi connectivity index (χ0n) is 12.6. The maximum absolute atomic E-state index is 12.2. The lowest BCUT2D eigenvalue weighted by Crippen LogP contribution is -2.53. The molecule has 0 aromatic carbocycles. The minimum Gasteiger partial charge on any atom is -0.456 e. The Balaban J connectivity index is 1.68. The molecule has 2 fully saturated rings. The van der Waals surface area contributed by atoms with Crippen molar-refractivity contribution < 1.29 is 18.8 Å². The van der Waals surface area contributed by atoms with Gasteiger partial charge in [0.1, 0.15) is 11.3 Å². The molecule has 4 amide bonds. The lowest BCUT2D eigenvalue weighted by Gasteiger charge is -2.28. The second-order valence-corrected chi connectivity index (χ2v) is 6.05. The maximum Gasteiger partial charge on any atom is 0.322 e. The third-order valence-corrected chi connectivity index (χ3v) is 4.55. The van der Waals surface area contributed by atoms with Gasteiger partial charge in [-0.15, -0.1) is 0 Å². The van der Waals surface area contributed by atoms with E-state index in [4.69, 9.17) is 4.42 Å². The van der Waals surface area contributed by atoms with Crippen LogP contribution in [0.5, 0.6) is 0 Å². The summed E-state index contributed by atoms with van der Waals surface area (Å²) in [5.41, 5.74) is -0.0959. The number of furan rings is 1. The Labute approximate surface area is 127 Å². The van der Waals surface area contributed by atoms with Crippen molar-refractivity contribution in [1.29, 1.82) is 0 Å². The summed E-state index contributed by atoms with van der Waals surface area (Å²) in [6.07, 6.45) is 2.22. The van der Waals surface area contributed by atoms with Crippen LogP contribution < -0.4 is 16.0 Å². The maximum atomic E-state index is 12.2. The lowest BCUT2D eigenvalue weighted by molar-refractivity contribution is -0.125. The molecule has 22 heavy (non-hydrogen) atoms. The number of carbonyl (C=O) groups is 3. The Morgan fingerprint density at radius 3 is 2.82 bits per heavy atom. The third kappa shape index (κ3) is 2.26. The minimum absolute atomic E-state index is 0.112. The Kier molecular flexibility index (Phi) is 3.42. The molecule has 1 aliphatic heterocycles. The van der Waals surface area contributed by atoms with Crippen molar-refractivity contribution >= 4 is 17.8 Å². The fourth-order valence-corrected chi connectivity index (χ4v) is 3.49. The van der Waals surface area contributed by atoms with Gasteiger partial charge in [0.15, 0.2) is 5.76 Å². The van der Waals surface area contributed by atoms with Crippen LogP contribution in [0.4, 0.5) is 4.79 Å². The third-order valence-electron chi connectivity index (χ3n) is 4.55. The van der Waals surface area contributed by atoms with E-state index in [9.17, 15) is 14.4 Å². The summed E-state index contributed by atoms with van der Waals surface area (Å²) < 4.78 is 5.39. The quantitative estimate of drug-likeness (QED) is 0.725. The minimum atomic E-state index is -0.876. The van der Waals surface area contributed by atoms with Crippen molar-refractivity contribution in [2.75, 3.05) is 6.54 Å². The molecule has 118 valence electrons. The number of nitrogens with one attached hydrogen (secondary N) is 3. The van der Waals surface area contributed by atoms with Crippen LogP contribution in [-0.4, -0.2) is 29.9 Å². The monoisotopic (exact) mass is 305 g/mol. The van der Waals surface area contributed by atoms with Crippen LogP contribution in [0.1, 0.15) is 41.1 Å². The van der Waals surface area contributed by atoms with E-state index in [1.807, 2.05) is 6.92 Å². The van der Waals surface area contributed by atoms with Gasteiger partial charge >= 0.3 is 6.03 Å². The number of aryl methyl sites for hydroxylation is 2. The Morgan fingerprint density at radius 1 is 1.45 bits per heavy atom. The van der Waals surface area contributed by atoms with Crippen LogP contribution in [0.3, 0.4) is 0 Å². The summed E-state index contributed by atoms with van der Waals surface area (Å²) >= 11 is 0. The SMILES string of the molecule is Cc1cc(C)c(C(=O)NC[C@@H]2CCC[C@@]23NC(=O)NC3=O)o1. The molecule has 1 saturated carbocycles. The van der Waals surface area contributed by atoms with Gasteiger partial charge in [0, 0.05) is 18.0 Å². The van der Waals surface area contributed by atoms with Crippen LogP contribution in [0.15, 0.2) is 10.5 Å². The highest BCUT2D eigenvalue weighted by atomic mass is 16.3. The lowest BCUT2D eigenvalue weighted by atomic mass is 9.87. The fraction of sp³-hybridized carbons (Fsp3) is 0.533. The van der Waals surface area contributed by atoms with E-state index in [0.29, 0.717) is 24.5 Å². The standard InChI is InChI=1S/C15H19N3O4/c1-8-6-9(2)22-11(8)12(19)16-7-10-4-3-5-15(10)13(20)17-14(21)18-15/h6,10H,3-5,7H2,1-2H3,(H,16,19)(H2,17,18,20,21)/t10-,15+/m0/s1. The van der Waals surface area contributed by atoms with E-state index in [2.05, 4.69) is 16.0 Å². The second-order valence-electron chi connectivity index (χ2n) is 6.05. The smallest absolute Gasteiger partial charge is 0.322 e. The summed E-state index contributed by atoms with van der Waals surface area (Å²) in [4.78, 5) is 35.7. The number of carbonyl (C=O) groups excluding carboxylic acids is 3. The molecule has 7 heteroatoms. The zero-order valence-corrected chi connectivity index (χ0v) is 12.6. The van der Waals surface area contributed by atoms with Crippen LogP contribution >= 0.6 is 0 Å². The molecule has 1 aromatic rings. The molecule has 0 radical (unpaired) electrons. The van der Waals surface area contributed by atoms with Crippen molar-refractivity contribution in [2.24, 2.45) is 5.92 Å². The molecule has 3 rings (SSSR count). The van der Waals surface area contributed by atoms with Gasteiger partial charge < -0.3 is 15.1 Å². The highest BCUT2D eigenvalue weighted by Gasteiger charge is 2.54. The van der Waals surface area contributed by atoms with Crippen molar-refractivity contribution in [2.45, 2.75) is 38.6 Å². The first-order chi connectivity index (χ1) is 10.4. The van der Waals surface area contributed by atoms with Crippen LogP contribution in [-0.2, 0) is 4.79 Å². The van der Waals surface area contributed by atoms with E-state index < -0.39 is 11.6 Å². The predicted octanol–water partition coefficient (Wildman–Crippen LogP) is 1.00. The topological polar surface area (TPSA) is 100 Å². The average Bonchev–Trinajstić information content (AvgIpc) is 3.08. The number of hydrogen-bond donors (Lipinski definition) is 3. The normalized spacial score (nSPS) is 27.1. The molecular weight excluding hydrogens is 286 g/mol. The van der Waals surface area contributed by atoms with Crippen molar-refractivity contribution in [3.05, 3.63) is 23.2 Å². The molecule has 2 heterocycles. The van der Waals surface area contributed by atoms with Gasteiger partial charge in [-0.05, 0) is 32.8 Å². The van der Waals surface area contributed by atoms with Crippen LogP contribution in [0.2, 0.25) is 0 Å². The van der Waals surface area contributed by atoms with E-state index in [0.717, 1.165) is 18.4 Å². The highest BCUT2D eigenvalue weighted by molar-refractivity contribution is 6.07. The Bertz CT molecular complexity index is 651. The van der Waals surface area contributed by atoms with Gasteiger partial charge in [-0.3, -0.25) is 14.9 Å². The summed E-state index contributed by atoms with van der Waals surface area (Å²) in [7, 11) is 0. The van der Waals surface area contributed by atoms with Crippen molar-refractivity contribution in [3.63, 3.8) is 0 Å². The Morgan fingerprint density at radius 2 is 2.23 bits per heavy atom. The molecule has 3 N–H and O–H groups in total. The van der Waals surface area contributed by atoms with E-state index in [1.54, 1.807) is 13.0 Å². The van der Waals surface area contributed by atoms with Gasteiger partial charge in [-0.25, -0.2) is 4.79 Å². The summed E-state index contributed by atoms with van der Waals surface area (Å²) in [5.74, 6) is 0.280. The first-order valence-corrected chi connectivity index (χ1v) is 7.41. The molecule has 1 aromatic heterocycles. The number of imide groups is 1. The number of urea groups is 1. The van der Waals surface area contributed by atoms with Crippen molar-refractivity contribution in [1.82, 2.24) is 16.0 Å². The fourth-order valence-electron chi connectivity index (χ4n) is 3.49. The van der Waals surface area contributed by atoms with Gasteiger partial charge in [0.2, 0.25) is 0 Å². The molecule has 2 aliphatic rings. The van der Waals surface area contributed by atoms with Crippen molar-refractivity contribution in [3.8, 4) is 0 Å². The van der Waals surface area contributed by atoms with E-state index in [1.165, 1.54) is 0 Å². The summed E-state index contributed by atoms with van der Waals surface area (Å²) in [5, 5.41) is 7.84. The summed E-state index contributed by atoms with van der Waals surface area (Å²) in [6, 6.07) is 1.34. The predicted molar refractivity (Wildman–Crippen MR) is 77.3 cm³/mol. The first kappa shape index (κ1) is 14.6. The Hall–Kier alpha value is -2.31.